The first-order valence-corrected chi connectivity index (χ1v) is 15.7. The summed E-state index contributed by atoms with van der Waals surface area (Å²) in [5.41, 5.74) is 1.04. The van der Waals surface area contributed by atoms with Crippen molar-refractivity contribution < 1.29 is 31.1 Å². The molecule has 222 valence electrons. The van der Waals surface area contributed by atoms with Crippen LogP contribution >= 0.6 is 0 Å². The van der Waals surface area contributed by atoms with E-state index in [0.717, 1.165) is 67.0 Å². The summed E-state index contributed by atoms with van der Waals surface area (Å²) in [4.78, 5) is 15.4. The van der Waals surface area contributed by atoms with Gasteiger partial charge in [-0.3, -0.25) is 15.0 Å². The van der Waals surface area contributed by atoms with Crippen molar-refractivity contribution in [3.8, 4) is 0 Å². The molecule has 3 aliphatic heterocycles. The number of hydrogen-bond donors (Lipinski definition) is 2. The highest BCUT2D eigenvalue weighted by Gasteiger charge is 2.67. The Bertz CT molecular complexity index is 1410. The Labute approximate surface area is 238 Å². The van der Waals surface area contributed by atoms with Gasteiger partial charge in [0, 0.05) is 19.6 Å². The number of likely N-dealkylation sites (tertiary alicyclic amines) is 1. The number of amides is 1. The molecule has 0 radical (unpaired) electrons. The SMILES string of the molecule is O=C(CC12OC1NCCN2S(=O)(=O)c1cccc(C(F)(F)F)c1)N[C@@H]1CCCc2cc(CN3CCCCC3)ccc21. The summed E-state index contributed by atoms with van der Waals surface area (Å²) in [6, 6.07) is 9.93. The molecule has 1 amide bonds. The van der Waals surface area contributed by atoms with E-state index in [9.17, 15) is 26.4 Å². The van der Waals surface area contributed by atoms with Crippen LogP contribution in [0.4, 0.5) is 13.2 Å². The van der Waals surface area contributed by atoms with Gasteiger partial charge in [-0.2, -0.15) is 17.5 Å². The lowest BCUT2D eigenvalue weighted by molar-refractivity contribution is -0.137. The second kappa shape index (κ2) is 11.0. The third-order valence-electron chi connectivity index (χ3n) is 8.62. The Morgan fingerprint density at radius 1 is 1.07 bits per heavy atom. The van der Waals surface area contributed by atoms with Gasteiger partial charge in [-0.05, 0) is 80.1 Å². The van der Waals surface area contributed by atoms with Crippen molar-refractivity contribution in [2.24, 2.45) is 0 Å². The molecule has 3 atom stereocenters. The van der Waals surface area contributed by atoms with Crippen LogP contribution in [0.1, 0.15) is 66.8 Å². The first kappa shape index (κ1) is 28.6. The minimum atomic E-state index is -4.68. The van der Waals surface area contributed by atoms with E-state index in [4.69, 9.17) is 4.74 Å². The lowest BCUT2D eigenvalue weighted by Crippen LogP contribution is -2.55. The number of epoxide rings is 1. The standard InChI is InChI=1S/C29H35F3N4O4S/c30-29(31,32)22-7-5-8-23(17-22)41(38,39)36-15-12-33-27-28(36,40-27)18-26(37)34-25-9-4-6-21-16-20(10-11-24(21)25)19-35-13-2-1-3-14-35/h5,7-8,10-11,16-17,25,27,33H,1-4,6,9,12-15,18-19H2,(H,34,37)/t25-,27?,28?/m1/s1. The zero-order valence-electron chi connectivity index (χ0n) is 22.8. The number of ether oxygens (including phenoxy) is 1. The highest BCUT2D eigenvalue weighted by molar-refractivity contribution is 7.89. The number of aryl methyl sites for hydroxylation is 1. The van der Waals surface area contributed by atoms with Gasteiger partial charge in [0.1, 0.15) is 0 Å². The van der Waals surface area contributed by atoms with Crippen LogP contribution in [0, 0.1) is 0 Å². The third-order valence-corrected chi connectivity index (χ3v) is 10.5. The average molecular weight is 593 g/mol. The van der Waals surface area contributed by atoms with Crippen molar-refractivity contribution in [2.75, 3.05) is 26.2 Å². The van der Waals surface area contributed by atoms with Gasteiger partial charge >= 0.3 is 6.18 Å². The molecular weight excluding hydrogens is 557 g/mol. The number of halogens is 3. The fourth-order valence-corrected chi connectivity index (χ4v) is 8.24. The van der Waals surface area contributed by atoms with E-state index < -0.39 is 38.6 Å². The topological polar surface area (TPSA) is 94.3 Å². The van der Waals surface area contributed by atoms with Crippen molar-refractivity contribution in [3.05, 3.63) is 64.7 Å². The number of rotatable bonds is 7. The predicted molar refractivity (Wildman–Crippen MR) is 145 cm³/mol. The predicted octanol–water partition coefficient (Wildman–Crippen LogP) is 3.92. The first-order chi connectivity index (χ1) is 19.6. The lowest BCUT2D eigenvalue weighted by Gasteiger charge is -2.33. The number of hydrogen-bond acceptors (Lipinski definition) is 6. The largest absolute Gasteiger partial charge is 0.416 e. The zero-order chi connectivity index (χ0) is 28.8. The molecule has 6 rings (SSSR count). The highest BCUT2D eigenvalue weighted by atomic mass is 32.2. The number of benzene rings is 2. The Morgan fingerprint density at radius 3 is 2.66 bits per heavy atom. The van der Waals surface area contributed by atoms with Crippen LogP contribution in [0.25, 0.3) is 0 Å². The van der Waals surface area contributed by atoms with Crippen LogP contribution in [-0.4, -0.2) is 61.7 Å². The molecule has 4 aliphatic rings. The molecule has 0 spiro atoms. The quantitative estimate of drug-likeness (QED) is 0.474. The Morgan fingerprint density at radius 2 is 1.88 bits per heavy atom. The minimum absolute atomic E-state index is 0.0333. The van der Waals surface area contributed by atoms with Crippen molar-refractivity contribution in [1.82, 2.24) is 19.8 Å². The van der Waals surface area contributed by atoms with E-state index in [-0.39, 0.29) is 31.5 Å². The molecular formula is C29H35F3N4O4S. The molecule has 8 nitrogen and oxygen atoms in total. The summed E-state index contributed by atoms with van der Waals surface area (Å²) >= 11 is 0. The van der Waals surface area contributed by atoms with Gasteiger partial charge in [-0.1, -0.05) is 30.7 Å². The van der Waals surface area contributed by atoms with E-state index in [2.05, 4.69) is 33.7 Å². The number of fused-ring (bicyclic) bond motifs is 2. The fourth-order valence-electron chi connectivity index (χ4n) is 6.52. The van der Waals surface area contributed by atoms with Gasteiger partial charge in [0.05, 0.1) is 22.9 Å². The number of nitrogens with one attached hydrogen (secondary N) is 2. The summed E-state index contributed by atoms with van der Waals surface area (Å²) in [6.45, 7) is 3.39. The summed E-state index contributed by atoms with van der Waals surface area (Å²) in [6.07, 6.45) is 0.742. The summed E-state index contributed by atoms with van der Waals surface area (Å²) < 4.78 is 73.7. The smallest absolute Gasteiger partial charge is 0.349 e. The number of sulfonamides is 1. The maximum absolute atomic E-state index is 13.5. The Kier molecular flexibility index (Phi) is 7.65. The second-order valence-electron chi connectivity index (χ2n) is 11.5. The van der Waals surface area contributed by atoms with E-state index in [1.165, 1.54) is 30.4 Å². The number of carbonyl (C=O) groups is 1. The summed E-state index contributed by atoms with van der Waals surface area (Å²) in [7, 11) is -4.37. The Hall–Kier alpha value is -2.51. The number of piperazine rings is 1. The van der Waals surface area contributed by atoms with Crippen LogP contribution in [0.2, 0.25) is 0 Å². The average Bonchev–Trinajstić information content (AvgIpc) is 3.67. The zero-order valence-corrected chi connectivity index (χ0v) is 23.6. The van der Waals surface area contributed by atoms with Gasteiger partial charge in [-0.25, -0.2) is 8.42 Å². The normalized spacial score (nSPS) is 27.1. The minimum Gasteiger partial charge on any atom is -0.349 e. The van der Waals surface area contributed by atoms with Crippen molar-refractivity contribution in [1.29, 1.82) is 0 Å². The molecule has 3 saturated heterocycles. The molecule has 2 N–H and O–H groups in total. The first-order valence-electron chi connectivity index (χ1n) is 14.3. The third kappa shape index (κ3) is 5.77. The van der Waals surface area contributed by atoms with Gasteiger partial charge in [0.15, 0.2) is 12.0 Å². The molecule has 12 heteroatoms. The number of alkyl halides is 3. The number of piperidine rings is 1. The molecule has 41 heavy (non-hydrogen) atoms. The van der Waals surface area contributed by atoms with E-state index in [1.54, 1.807) is 0 Å². The van der Waals surface area contributed by atoms with Crippen molar-refractivity contribution >= 4 is 15.9 Å². The summed E-state index contributed by atoms with van der Waals surface area (Å²) in [5.74, 6) is -0.365. The van der Waals surface area contributed by atoms with Crippen LogP contribution in [0.15, 0.2) is 47.4 Å². The molecule has 2 aromatic rings. The molecule has 0 aromatic heterocycles. The maximum atomic E-state index is 13.5. The molecule has 1 aliphatic carbocycles. The van der Waals surface area contributed by atoms with E-state index >= 15 is 0 Å². The molecule has 3 fully saturated rings. The van der Waals surface area contributed by atoms with Gasteiger partial charge in [0.25, 0.3) is 0 Å². The molecule has 2 unspecified atom stereocenters. The molecule has 3 heterocycles. The second-order valence-corrected chi connectivity index (χ2v) is 13.3. The summed E-state index contributed by atoms with van der Waals surface area (Å²) in [5, 5.41) is 6.15. The van der Waals surface area contributed by atoms with Crippen molar-refractivity contribution in [3.63, 3.8) is 0 Å². The van der Waals surface area contributed by atoms with Crippen LogP contribution in [-0.2, 0) is 38.7 Å². The van der Waals surface area contributed by atoms with E-state index in [0.29, 0.717) is 6.07 Å². The van der Waals surface area contributed by atoms with Crippen LogP contribution in [0.3, 0.4) is 0 Å². The maximum Gasteiger partial charge on any atom is 0.416 e. The van der Waals surface area contributed by atoms with Gasteiger partial charge in [-0.15, -0.1) is 0 Å². The van der Waals surface area contributed by atoms with Crippen LogP contribution < -0.4 is 10.6 Å². The van der Waals surface area contributed by atoms with Crippen molar-refractivity contribution in [2.45, 2.75) is 80.6 Å². The monoisotopic (exact) mass is 592 g/mol. The van der Waals surface area contributed by atoms with E-state index in [1.807, 2.05) is 0 Å². The van der Waals surface area contributed by atoms with Gasteiger partial charge < -0.3 is 10.1 Å². The molecule has 0 saturated carbocycles. The fraction of sp³-hybridized carbons (Fsp3) is 0.552. The highest BCUT2D eigenvalue weighted by Crippen LogP contribution is 2.46. The lowest BCUT2D eigenvalue weighted by atomic mass is 9.86. The number of carbonyl (C=O) groups excluding carboxylic acids is 1. The molecule has 0 bridgehead atoms. The molecule has 2 aromatic carbocycles. The Balaban J connectivity index is 1.16. The van der Waals surface area contributed by atoms with Gasteiger partial charge in [0.2, 0.25) is 15.9 Å². The number of nitrogens with zero attached hydrogens (tertiary/aromatic N) is 2. The van der Waals surface area contributed by atoms with Crippen LogP contribution in [0.5, 0.6) is 0 Å².